The number of oxime groups is 1. The Hall–Kier alpha value is -2.04. The Morgan fingerprint density at radius 1 is 1.50 bits per heavy atom. The number of amides is 1. The maximum absolute atomic E-state index is 11.6. The van der Waals surface area contributed by atoms with E-state index in [4.69, 9.17) is 10.9 Å². The molecule has 3 N–H and O–H groups in total. The van der Waals surface area contributed by atoms with E-state index < -0.39 is 0 Å². The Labute approximate surface area is 94.2 Å². The Kier molecular flexibility index (Phi) is 3.88. The van der Waals surface area contributed by atoms with Crippen LogP contribution in [0.25, 0.3) is 0 Å². The van der Waals surface area contributed by atoms with E-state index in [-0.39, 0.29) is 11.7 Å². The average molecular weight is 221 g/mol. The second-order valence-corrected chi connectivity index (χ2v) is 3.31. The molecule has 0 saturated heterocycles. The van der Waals surface area contributed by atoms with Gasteiger partial charge >= 0.3 is 0 Å². The zero-order chi connectivity index (χ0) is 12.1. The maximum atomic E-state index is 11.6. The van der Waals surface area contributed by atoms with Crippen molar-refractivity contribution in [2.24, 2.45) is 10.9 Å². The summed E-state index contributed by atoms with van der Waals surface area (Å²) >= 11 is 0. The number of anilines is 1. The molecule has 0 fully saturated rings. The fourth-order valence-electron chi connectivity index (χ4n) is 1.41. The van der Waals surface area contributed by atoms with E-state index >= 15 is 0 Å². The number of carbonyl (C=O) groups excluding carboxylic acids is 1. The van der Waals surface area contributed by atoms with E-state index in [0.29, 0.717) is 17.7 Å². The van der Waals surface area contributed by atoms with E-state index in [1.165, 1.54) is 4.90 Å². The fourth-order valence-corrected chi connectivity index (χ4v) is 1.41. The first-order chi connectivity index (χ1) is 7.61. The highest BCUT2D eigenvalue weighted by Crippen LogP contribution is 2.19. The van der Waals surface area contributed by atoms with E-state index in [1.54, 1.807) is 38.2 Å². The fraction of sp³-hybridized carbons (Fsp3) is 0.273. The van der Waals surface area contributed by atoms with Gasteiger partial charge < -0.3 is 15.8 Å². The van der Waals surface area contributed by atoms with Gasteiger partial charge in [-0.3, -0.25) is 4.79 Å². The number of hydrogen-bond acceptors (Lipinski definition) is 3. The molecule has 5 nitrogen and oxygen atoms in total. The van der Waals surface area contributed by atoms with Crippen molar-refractivity contribution >= 4 is 17.4 Å². The highest BCUT2D eigenvalue weighted by Gasteiger charge is 2.14. The summed E-state index contributed by atoms with van der Waals surface area (Å²) in [5, 5.41) is 11.6. The molecule has 0 aromatic heterocycles. The molecular weight excluding hydrogens is 206 g/mol. The lowest BCUT2D eigenvalue weighted by Crippen LogP contribution is -2.28. The summed E-state index contributed by atoms with van der Waals surface area (Å²) in [6.45, 7) is 1.78. The average Bonchev–Trinajstić information content (AvgIpc) is 2.35. The molecule has 0 aliphatic carbocycles. The van der Waals surface area contributed by atoms with Gasteiger partial charge in [0, 0.05) is 19.0 Å². The predicted octanol–water partition coefficient (Wildman–Crippen LogP) is 1.15. The quantitative estimate of drug-likeness (QED) is 0.348. The van der Waals surface area contributed by atoms with Crippen LogP contribution in [0.4, 0.5) is 5.69 Å². The number of rotatable bonds is 3. The summed E-state index contributed by atoms with van der Waals surface area (Å²) in [6, 6.07) is 7.01. The van der Waals surface area contributed by atoms with Crippen molar-refractivity contribution in [3.05, 3.63) is 29.8 Å². The minimum atomic E-state index is -0.0295. The normalized spacial score (nSPS) is 11.2. The minimum absolute atomic E-state index is 0.00801. The molecule has 0 unspecified atom stereocenters. The molecule has 1 rings (SSSR count). The minimum Gasteiger partial charge on any atom is -0.409 e. The zero-order valence-corrected chi connectivity index (χ0v) is 9.34. The van der Waals surface area contributed by atoms with Gasteiger partial charge in [0.25, 0.3) is 0 Å². The zero-order valence-electron chi connectivity index (χ0n) is 9.34. The van der Waals surface area contributed by atoms with E-state index in [9.17, 15) is 4.79 Å². The molecule has 86 valence electrons. The molecule has 0 spiro atoms. The van der Waals surface area contributed by atoms with Crippen LogP contribution in [0.2, 0.25) is 0 Å². The first kappa shape index (κ1) is 12.0. The van der Waals surface area contributed by atoms with Crippen molar-refractivity contribution in [1.82, 2.24) is 0 Å². The summed E-state index contributed by atoms with van der Waals surface area (Å²) in [4.78, 5) is 13.1. The molecule has 1 aromatic carbocycles. The molecule has 0 aliphatic rings. The molecule has 0 atom stereocenters. The van der Waals surface area contributed by atoms with Gasteiger partial charge in [0.05, 0.1) is 5.69 Å². The van der Waals surface area contributed by atoms with Gasteiger partial charge in [-0.25, -0.2) is 0 Å². The number of benzene rings is 1. The van der Waals surface area contributed by atoms with Gasteiger partial charge in [-0.15, -0.1) is 0 Å². The topological polar surface area (TPSA) is 78.9 Å². The van der Waals surface area contributed by atoms with Gasteiger partial charge in [-0.05, 0) is 12.1 Å². The van der Waals surface area contributed by atoms with Crippen LogP contribution in [0.5, 0.6) is 0 Å². The largest absolute Gasteiger partial charge is 0.409 e. The second-order valence-electron chi connectivity index (χ2n) is 3.31. The Morgan fingerprint density at radius 2 is 2.12 bits per heavy atom. The molecule has 1 aromatic rings. The third-order valence-corrected chi connectivity index (χ3v) is 2.33. The van der Waals surface area contributed by atoms with Crippen LogP contribution in [0.3, 0.4) is 0 Å². The Bertz CT molecular complexity index is 415. The van der Waals surface area contributed by atoms with Gasteiger partial charge in [0.1, 0.15) is 0 Å². The third kappa shape index (κ3) is 2.31. The van der Waals surface area contributed by atoms with Crippen LogP contribution in [-0.4, -0.2) is 24.0 Å². The Balaban J connectivity index is 3.18. The van der Waals surface area contributed by atoms with Gasteiger partial charge in [0.15, 0.2) is 5.84 Å². The van der Waals surface area contributed by atoms with E-state index in [1.807, 2.05) is 0 Å². The lowest BCUT2D eigenvalue weighted by Gasteiger charge is -2.19. The highest BCUT2D eigenvalue weighted by atomic mass is 16.4. The summed E-state index contributed by atoms with van der Waals surface area (Å²) in [6.07, 6.45) is 0.404. The van der Waals surface area contributed by atoms with E-state index in [0.717, 1.165) is 0 Å². The molecule has 0 saturated carbocycles. The van der Waals surface area contributed by atoms with Crippen LogP contribution in [0.15, 0.2) is 29.4 Å². The van der Waals surface area contributed by atoms with Crippen LogP contribution < -0.4 is 10.6 Å². The van der Waals surface area contributed by atoms with Gasteiger partial charge in [0.2, 0.25) is 5.91 Å². The first-order valence-electron chi connectivity index (χ1n) is 4.95. The second kappa shape index (κ2) is 5.16. The third-order valence-electron chi connectivity index (χ3n) is 2.33. The summed E-state index contributed by atoms with van der Waals surface area (Å²) < 4.78 is 0. The molecule has 0 heterocycles. The standard InChI is InChI=1S/C11H15N3O2/c1-3-10(15)14(2)9-7-5-4-6-8(9)11(12)13-16/h4-7,16H,3H2,1-2H3,(H2,12,13). The van der Waals surface area contributed by atoms with Crippen molar-refractivity contribution in [1.29, 1.82) is 0 Å². The molecule has 16 heavy (non-hydrogen) atoms. The van der Waals surface area contributed by atoms with E-state index in [2.05, 4.69) is 5.16 Å². The van der Waals surface area contributed by atoms with Crippen molar-refractivity contribution in [3.8, 4) is 0 Å². The molecule has 0 bridgehead atoms. The molecule has 1 amide bonds. The molecule has 5 heteroatoms. The molecular formula is C11H15N3O2. The number of nitrogens with two attached hydrogens (primary N) is 1. The molecule has 0 aliphatic heterocycles. The van der Waals surface area contributed by atoms with Crippen molar-refractivity contribution in [2.75, 3.05) is 11.9 Å². The summed E-state index contributed by atoms with van der Waals surface area (Å²) in [5.74, 6) is -0.0375. The first-order valence-corrected chi connectivity index (χ1v) is 4.95. The molecule has 0 radical (unpaired) electrons. The maximum Gasteiger partial charge on any atom is 0.226 e. The van der Waals surface area contributed by atoms with Crippen LogP contribution in [-0.2, 0) is 4.79 Å². The summed E-state index contributed by atoms with van der Waals surface area (Å²) in [5.41, 5.74) is 6.70. The SMILES string of the molecule is CCC(=O)N(C)c1ccccc1C(N)=NO. The highest BCUT2D eigenvalue weighted by molar-refractivity contribution is 6.06. The van der Waals surface area contributed by atoms with Gasteiger partial charge in [-0.2, -0.15) is 0 Å². The lowest BCUT2D eigenvalue weighted by molar-refractivity contribution is -0.118. The van der Waals surface area contributed by atoms with Crippen molar-refractivity contribution < 1.29 is 10.0 Å². The van der Waals surface area contributed by atoms with Crippen molar-refractivity contribution in [3.63, 3.8) is 0 Å². The number of amidine groups is 1. The Morgan fingerprint density at radius 3 is 2.69 bits per heavy atom. The summed E-state index contributed by atoms with van der Waals surface area (Å²) in [7, 11) is 1.66. The smallest absolute Gasteiger partial charge is 0.226 e. The number of para-hydroxylation sites is 1. The number of nitrogens with zero attached hydrogens (tertiary/aromatic N) is 2. The van der Waals surface area contributed by atoms with Crippen LogP contribution in [0.1, 0.15) is 18.9 Å². The predicted molar refractivity (Wildman–Crippen MR) is 62.7 cm³/mol. The number of carbonyl (C=O) groups is 1. The van der Waals surface area contributed by atoms with Gasteiger partial charge in [-0.1, -0.05) is 24.2 Å². The van der Waals surface area contributed by atoms with Crippen LogP contribution in [0, 0.1) is 0 Å². The van der Waals surface area contributed by atoms with Crippen LogP contribution >= 0.6 is 0 Å². The lowest BCUT2D eigenvalue weighted by atomic mass is 10.1. The monoisotopic (exact) mass is 221 g/mol. The van der Waals surface area contributed by atoms with Crippen molar-refractivity contribution in [2.45, 2.75) is 13.3 Å². The number of hydrogen-bond donors (Lipinski definition) is 2.